The van der Waals surface area contributed by atoms with Crippen LogP contribution in [0, 0.1) is 0 Å². The van der Waals surface area contributed by atoms with Crippen LogP contribution in [0.15, 0.2) is 40.3 Å². The number of hydrogen-bond donors (Lipinski definition) is 1. The Bertz CT molecular complexity index is 400. The summed E-state index contributed by atoms with van der Waals surface area (Å²) in [5.74, 6) is 0.910. The SMILES string of the molecule is Brc1ccsc1CNc1ccccn1. The summed E-state index contributed by atoms with van der Waals surface area (Å²) in [7, 11) is 0. The van der Waals surface area contributed by atoms with E-state index in [4.69, 9.17) is 0 Å². The predicted octanol–water partition coefficient (Wildman–Crippen LogP) is 3.52. The molecule has 0 unspecified atom stereocenters. The van der Waals surface area contributed by atoms with Crippen LogP contribution in [0.25, 0.3) is 0 Å². The van der Waals surface area contributed by atoms with Crippen molar-refractivity contribution in [3.05, 3.63) is 45.2 Å². The molecule has 72 valence electrons. The van der Waals surface area contributed by atoms with Crippen molar-refractivity contribution in [2.45, 2.75) is 6.54 Å². The van der Waals surface area contributed by atoms with E-state index in [9.17, 15) is 0 Å². The van der Waals surface area contributed by atoms with E-state index in [1.807, 2.05) is 18.2 Å². The van der Waals surface area contributed by atoms with Crippen LogP contribution >= 0.6 is 27.3 Å². The average molecular weight is 269 g/mol. The lowest BCUT2D eigenvalue weighted by Gasteiger charge is -2.03. The largest absolute Gasteiger partial charge is 0.365 e. The molecule has 14 heavy (non-hydrogen) atoms. The van der Waals surface area contributed by atoms with E-state index in [1.165, 1.54) is 4.88 Å². The first-order valence-electron chi connectivity index (χ1n) is 4.23. The summed E-state index contributed by atoms with van der Waals surface area (Å²) in [5, 5.41) is 5.33. The lowest BCUT2D eigenvalue weighted by molar-refractivity contribution is 1.13. The van der Waals surface area contributed by atoms with Gasteiger partial charge in [-0.15, -0.1) is 11.3 Å². The Labute approximate surface area is 95.1 Å². The molecule has 0 aliphatic rings. The second kappa shape index (κ2) is 4.57. The highest BCUT2D eigenvalue weighted by atomic mass is 79.9. The monoisotopic (exact) mass is 268 g/mol. The van der Waals surface area contributed by atoms with Crippen LogP contribution in [0.4, 0.5) is 5.82 Å². The molecule has 0 saturated heterocycles. The second-order valence-corrected chi connectivity index (χ2v) is 4.62. The van der Waals surface area contributed by atoms with Crippen molar-refractivity contribution in [3.63, 3.8) is 0 Å². The van der Waals surface area contributed by atoms with Gasteiger partial charge in [-0.05, 0) is 39.5 Å². The molecule has 0 spiro atoms. The van der Waals surface area contributed by atoms with E-state index in [0.717, 1.165) is 16.8 Å². The van der Waals surface area contributed by atoms with Crippen LogP contribution in [0.1, 0.15) is 4.88 Å². The van der Waals surface area contributed by atoms with Crippen molar-refractivity contribution in [2.24, 2.45) is 0 Å². The highest BCUT2D eigenvalue weighted by Crippen LogP contribution is 2.23. The lowest BCUT2D eigenvalue weighted by atomic mass is 10.4. The summed E-state index contributed by atoms with van der Waals surface area (Å²) < 4.78 is 1.16. The minimum Gasteiger partial charge on any atom is -0.365 e. The topological polar surface area (TPSA) is 24.9 Å². The van der Waals surface area contributed by atoms with Crippen LogP contribution < -0.4 is 5.32 Å². The Balaban J connectivity index is 1.99. The van der Waals surface area contributed by atoms with Gasteiger partial charge in [0.15, 0.2) is 0 Å². The van der Waals surface area contributed by atoms with Crippen LogP contribution in [-0.4, -0.2) is 4.98 Å². The highest BCUT2D eigenvalue weighted by molar-refractivity contribution is 9.10. The zero-order valence-electron chi connectivity index (χ0n) is 7.40. The molecule has 2 rings (SSSR count). The first-order chi connectivity index (χ1) is 6.86. The Kier molecular flexibility index (Phi) is 3.16. The molecule has 0 saturated carbocycles. The molecule has 0 amide bonds. The summed E-state index contributed by atoms with van der Waals surface area (Å²) in [6.07, 6.45) is 1.78. The van der Waals surface area contributed by atoms with Crippen molar-refractivity contribution in [1.29, 1.82) is 0 Å². The number of rotatable bonds is 3. The maximum atomic E-state index is 4.19. The molecule has 0 aliphatic heterocycles. The standard InChI is InChI=1S/C10H9BrN2S/c11-8-4-6-14-9(8)7-13-10-3-1-2-5-12-10/h1-6H,7H2,(H,12,13). The molecule has 0 aromatic carbocycles. The number of aromatic nitrogens is 1. The summed E-state index contributed by atoms with van der Waals surface area (Å²) in [6.45, 7) is 0.815. The van der Waals surface area contributed by atoms with E-state index in [1.54, 1.807) is 17.5 Å². The minimum atomic E-state index is 0.815. The first kappa shape index (κ1) is 9.68. The Morgan fingerprint density at radius 1 is 1.36 bits per heavy atom. The fourth-order valence-electron chi connectivity index (χ4n) is 1.09. The molecule has 2 nitrogen and oxygen atoms in total. The minimum absolute atomic E-state index is 0.815. The van der Waals surface area contributed by atoms with E-state index in [2.05, 4.69) is 37.7 Å². The fraction of sp³-hybridized carbons (Fsp3) is 0.100. The Morgan fingerprint density at radius 2 is 2.29 bits per heavy atom. The van der Waals surface area contributed by atoms with Crippen LogP contribution in [0.3, 0.4) is 0 Å². The molecular formula is C10H9BrN2S. The molecule has 0 atom stereocenters. The van der Waals surface area contributed by atoms with Crippen molar-refractivity contribution in [2.75, 3.05) is 5.32 Å². The highest BCUT2D eigenvalue weighted by Gasteiger charge is 2.00. The number of anilines is 1. The van der Waals surface area contributed by atoms with Gasteiger partial charge in [-0.2, -0.15) is 0 Å². The molecule has 2 aromatic heterocycles. The number of halogens is 1. The molecular weight excluding hydrogens is 260 g/mol. The first-order valence-corrected chi connectivity index (χ1v) is 5.90. The van der Waals surface area contributed by atoms with Gasteiger partial charge >= 0.3 is 0 Å². The molecule has 2 aromatic rings. The van der Waals surface area contributed by atoms with Gasteiger partial charge in [-0.25, -0.2) is 4.98 Å². The number of pyridine rings is 1. The zero-order chi connectivity index (χ0) is 9.80. The third-order valence-corrected chi connectivity index (χ3v) is 3.71. The Morgan fingerprint density at radius 3 is 2.93 bits per heavy atom. The normalized spacial score (nSPS) is 10.1. The van der Waals surface area contributed by atoms with Gasteiger partial charge in [0.25, 0.3) is 0 Å². The van der Waals surface area contributed by atoms with Gasteiger partial charge in [0.1, 0.15) is 5.82 Å². The van der Waals surface area contributed by atoms with Gasteiger partial charge < -0.3 is 5.32 Å². The molecule has 0 aliphatic carbocycles. The van der Waals surface area contributed by atoms with Crippen molar-refractivity contribution in [1.82, 2.24) is 4.98 Å². The second-order valence-electron chi connectivity index (χ2n) is 2.76. The third kappa shape index (κ3) is 2.33. The predicted molar refractivity (Wildman–Crippen MR) is 63.6 cm³/mol. The number of nitrogens with zero attached hydrogens (tertiary/aromatic N) is 1. The number of thiophene rings is 1. The third-order valence-electron chi connectivity index (χ3n) is 1.79. The Hall–Kier alpha value is -0.870. The van der Waals surface area contributed by atoms with Gasteiger partial charge in [0.2, 0.25) is 0 Å². The van der Waals surface area contributed by atoms with Crippen molar-refractivity contribution < 1.29 is 0 Å². The number of hydrogen-bond acceptors (Lipinski definition) is 3. The summed E-state index contributed by atoms with van der Waals surface area (Å²) in [4.78, 5) is 5.47. The molecule has 1 N–H and O–H groups in total. The van der Waals surface area contributed by atoms with E-state index in [-0.39, 0.29) is 0 Å². The van der Waals surface area contributed by atoms with E-state index in [0.29, 0.717) is 0 Å². The quantitative estimate of drug-likeness (QED) is 0.922. The van der Waals surface area contributed by atoms with E-state index >= 15 is 0 Å². The summed E-state index contributed by atoms with van der Waals surface area (Å²) in [5.41, 5.74) is 0. The van der Waals surface area contributed by atoms with Crippen molar-refractivity contribution in [3.8, 4) is 0 Å². The maximum Gasteiger partial charge on any atom is 0.126 e. The van der Waals surface area contributed by atoms with Crippen LogP contribution in [-0.2, 0) is 6.54 Å². The van der Waals surface area contributed by atoms with Crippen LogP contribution in [0.2, 0.25) is 0 Å². The zero-order valence-corrected chi connectivity index (χ0v) is 9.81. The summed E-state index contributed by atoms with van der Waals surface area (Å²) in [6, 6.07) is 7.90. The lowest BCUT2D eigenvalue weighted by Crippen LogP contribution is -1.99. The molecule has 4 heteroatoms. The van der Waals surface area contributed by atoms with Gasteiger partial charge in [0, 0.05) is 15.5 Å². The van der Waals surface area contributed by atoms with Crippen LogP contribution in [0.5, 0.6) is 0 Å². The fourth-order valence-corrected chi connectivity index (χ4v) is 2.52. The molecule has 0 fully saturated rings. The summed E-state index contributed by atoms with van der Waals surface area (Å²) >= 11 is 5.22. The molecule has 0 bridgehead atoms. The smallest absolute Gasteiger partial charge is 0.126 e. The van der Waals surface area contributed by atoms with E-state index < -0.39 is 0 Å². The van der Waals surface area contributed by atoms with Gasteiger partial charge in [-0.1, -0.05) is 6.07 Å². The molecule has 0 radical (unpaired) electrons. The van der Waals surface area contributed by atoms with Gasteiger partial charge in [0.05, 0.1) is 6.54 Å². The number of nitrogens with one attached hydrogen (secondary N) is 1. The molecule has 2 heterocycles. The maximum absolute atomic E-state index is 4.19. The average Bonchev–Trinajstić information content (AvgIpc) is 2.63. The van der Waals surface area contributed by atoms with Crippen molar-refractivity contribution >= 4 is 33.1 Å². The van der Waals surface area contributed by atoms with Gasteiger partial charge in [-0.3, -0.25) is 0 Å².